The Labute approximate surface area is 107 Å². The Kier molecular flexibility index (Phi) is 6.85. The molecule has 1 unspecified atom stereocenters. The quantitative estimate of drug-likeness (QED) is 0.631. The first-order valence-corrected chi connectivity index (χ1v) is 7.22. The highest BCUT2D eigenvalue weighted by atomic mass is 32.2. The van der Waals surface area contributed by atoms with Crippen molar-refractivity contribution in [1.29, 1.82) is 0 Å². The zero-order valence-corrected chi connectivity index (χ0v) is 11.6. The number of rotatable bonds is 8. The fourth-order valence-corrected chi connectivity index (χ4v) is 3.13. The van der Waals surface area contributed by atoms with E-state index < -0.39 is 33.8 Å². The summed E-state index contributed by atoms with van der Waals surface area (Å²) in [5.41, 5.74) is 0. The number of esters is 1. The second-order valence-corrected chi connectivity index (χ2v) is 5.63. The van der Waals surface area contributed by atoms with Crippen molar-refractivity contribution in [2.45, 2.75) is 33.2 Å². The average Bonchev–Trinajstić information content (AvgIpc) is 2.15. The second-order valence-electron chi connectivity index (χ2n) is 3.71. The van der Waals surface area contributed by atoms with Crippen LogP contribution >= 0.6 is 0 Å². The van der Waals surface area contributed by atoms with Crippen LogP contribution in [0.25, 0.3) is 0 Å². The zero-order chi connectivity index (χ0) is 14.3. The molecule has 8 heteroatoms. The van der Waals surface area contributed by atoms with E-state index in [1.165, 1.54) is 6.92 Å². The summed E-state index contributed by atoms with van der Waals surface area (Å²) in [5.74, 6) is -2.69. The molecule has 106 valence electrons. The van der Waals surface area contributed by atoms with Crippen molar-refractivity contribution in [3.8, 4) is 0 Å². The number of ether oxygens (including phenoxy) is 1. The first-order chi connectivity index (χ1) is 8.24. The van der Waals surface area contributed by atoms with Crippen LogP contribution in [-0.4, -0.2) is 54.7 Å². The molecule has 0 aliphatic heterocycles. The van der Waals surface area contributed by atoms with E-state index in [0.717, 1.165) is 4.31 Å². The predicted molar refractivity (Wildman–Crippen MR) is 64.5 cm³/mol. The molecular weight excluding hydrogens is 262 g/mol. The molecule has 0 saturated heterocycles. The maximum absolute atomic E-state index is 11.9. The molecule has 1 atom stereocenters. The van der Waals surface area contributed by atoms with E-state index in [0.29, 0.717) is 0 Å². The molecule has 0 spiro atoms. The van der Waals surface area contributed by atoms with Gasteiger partial charge in [-0.3, -0.25) is 9.59 Å². The third-order valence-electron chi connectivity index (χ3n) is 2.24. The van der Waals surface area contributed by atoms with Gasteiger partial charge < -0.3 is 9.84 Å². The molecular formula is C10H19NO6S. The second kappa shape index (κ2) is 7.32. The van der Waals surface area contributed by atoms with Gasteiger partial charge >= 0.3 is 11.9 Å². The number of sulfonamides is 1. The largest absolute Gasteiger partial charge is 0.481 e. The minimum atomic E-state index is -3.84. The number of nitrogens with zero attached hydrogens (tertiary/aromatic N) is 1. The molecule has 0 aromatic rings. The summed E-state index contributed by atoms with van der Waals surface area (Å²) in [7, 11) is -3.84. The summed E-state index contributed by atoms with van der Waals surface area (Å²) in [6.07, 6.45) is -0.310. The SMILES string of the molecule is CCOC(=O)CS(=O)(=O)N(CC)C(C)CC(=O)O. The van der Waals surface area contributed by atoms with Crippen molar-refractivity contribution < 1.29 is 27.9 Å². The predicted octanol–water partition coefficient (Wildman–Crippen LogP) is 0.0644. The number of aliphatic carboxylic acids is 1. The molecule has 0 aliphatic carbocycles. The van der Waals surface area contributed by atoms with Crippen LogP contribution in [-0.2, 0) is 24.3 Å². The van der Waals surface area contributed by atoms with E-state index in [4.69, 9.17) is 5.11 Å². The van der Waals surface area contributed by atoms with E-state index in [-0.39, 0.29) is 19.6 Å². The molecule has 18 heavy (non-hydrogen) atoms. The van der Waals surface area contributed by atoms with E-state index in [2.05, 4.69) is 4.74 Å². The summed E-state index contributed by atoms with van der Waals surface area (Å²) in [6, 6.07) is -0.702. The number of carboxylic acids is 1. The van der Waals surface area contributed by atoms with Gasteiger partial charge in [-0.05, 0) is 13.8 Å². The Hall–Kier alpha value is -1.15. The molecule has 0 bridgehead atoms. The van der Waals surface area contributed by atoms with E-state index in [1.807, 2.05) is 0 Å². The minimum Gasteiger partial charge on any atom is -0.481 e. The molecule has 0 aliphatic rings. The lowest BCUT2D eigenvalue weighted by atomic mass is 10.2. The van der Waals surface area contributed by atoms with Crippen molar-refractivity contribution in [3.63, 3.8) is 0 Å². The van der Waals surface area contributed by atoms with Crippen molar-refractivity contribution in [3.05, 3.63) is 0 Å². The van der Waals surface area contributed by atoms with Crippen LogP contribution in [0.2, 0.25) is 0 Å². The summed E-state index contributed by atoms with van der Waals surface area (Å²) in [6.45, 7) is 4.86. The fraction of sp³-hybridized carbons (Fsp3) is 0.800. The van der Waals surface area contributed by atoms with Gasteiger partial charge in [0, 0.05) is 12.6 Å². The summed E-state index contributed by atoms with van der Waals surface area (Å²) >= 11 is 0. The Morgan fingerprint density at radius 2 is 1.89 bits per heavy atom. The van der Waals surface area contributed by atoms with Crippen LogP contribution in [0.5, 0.6) is 0 Å². The number of carboxylic acid groups (broad SMARTS) is 1. The third kappa shape index (κ3) is 5.46. The first-order valence-electron chi connectivity index (χ1n) is 5.61. The smallest absolute Gasteiger partial charge is 0.322 e. The molecule has 0 rings (SSSR count). The van der Waals surface area contributed by atoms with Gasteiger partial charge in [-0.25, -0.2) is 8.42 Å². The Bertz CT molecular complexity index is 391. The molecule has 0 aromatic carbocycles. The van der Waals surface area contributed by atoms with Crippen LogP contribution in [0.15, 0.2) is 0 Å². The molecule has 7 nitrogen and oxygen atoms in total. The van der Waals surface area contributed by atoms with Gasteiger partial charge in [0.05, 0.1) is 13.0 Å². The van der Waals surface area contributed by atoms with Crippen LogP contribution in [0.3, 0.4) is 0 Å². The van der Waals surface area contributed by atoms with Gasteiger partial charge in [-0.1, -0.05) is 6.92 Å². The lowest BCUT2D eigenvalue weighted by molar-refractivity contribution is -0.140. The van der Waals surface area contributed by atoms with Crippen LogP contribution in [0, 0.1) is 0 Å². The highest BCUT2D eigenvalue weighted by Gasteiger charge is 2.29. The molecule has 0 aromatic heterocycles. The van der Waals surface area contributed by atoms with Crippen LogP contribution < -0.4 is 0 Å². The van der Waals surface area contributed by atoms with Crippen molar-refractivity contribution in [2.24, 2.45) is 0 Å². The molecule has 0 saturated carbocycles. The number of carbonyl (C=O) groups excluding carboxylic acids is 1. The van der Waals surface area contributed by atoms with Gasteiger partial charge in [0.2, 0.25) is 10.0 Å². The average molecular weight is 281 g/mol. The van der Waals surface area contributed by atoms with Crippen molar-refractivity contribution in [2.75, 3.05) is 18.9 Å². The van der Waals surface area contributed by atoms with Gasteiger partial charge in [-0.15, -0.1) is 0 Å². The van der Waals surface area contributed by atoms with E-state index >= 15 is 0 Å². The maximum Gasteiger partial charge on any atom is 0.322 e. The first kappa shape index (κ1) is 16.9. The van der Waals surface area contributed by atoms with Crippen LogP contribution in [0.1, 0.15) is 27.2 Å². The lowest BCUT2D eigenvalue weighted by Crippen LogP contribution is -2.42. The monoisotopic (exact) mass is 281 g/mol. The molecule has 1 N–H and O–H groups in total. The standard InChI is InChI=1S/C10H19NO6S/c1-4-11(8(3)6-9(12)13)18(15,16)7-10(14)17-5-2/h8H,4-7H2,1-3H3,(H,12,13). The highest BCUT2D eigenvalue weighted by Crippen LogP contribution is 2.11. The number of hydrogen-bond donors (Lipinski definition) is 1. The topological polar surface area (TPSA) is 101 Å². The molecule has 0 fully saturated rings. The van der Waals surface area contributed by atoms with Gasteiger partial charge in [0.25, 0.3) is 0 Å². The van der Waals surface area contributed by atoms with Gasteiger partial charge in [-0.2, -0.15) is 4.31 Å². The van der Waals surface area contributed by atoms with Gasteiger partial charge in [0.1, 0.15) is 0 Å². The molecule has 0 radical (unpaired) electrons. The number of hydrogen-bond acceptors (Lipinski definition) is 5. The van der Waals surface area contributed by atoms with Crippen LogP contribution in [0.4, 0.5) is 0 Å². The normalized spacial score (nSPS) is 13.3. The Morgan fingerprint density at radius 1 is 1.33 bits per heavy atom. The van der Waals surface area contributed by atoms with Crippen molar-refractivity contribution in [1.82, 2.24) is 4.31 Å². The van der Waals surface area contributed by atoms with Crippen molar-refractivity contribution >= 4 is 22.0 Å². The molecule has 0 amide bonds. The Balaban J connectivity index is 4.81. The fourth-order valence-electron chi connectivity index (χ4n) is 1.57. The van der Waals surface area contributed by atoms with Gasteiger partial charge in [0.15, 0.2) is 5.75 Å². The zero-order valence-electron chi connectivity index (χ0n) is 10.7. The Morgan fingerprint density at radius 3 is 2.28 bits per heavy atom. The highest BCUT2D eigenvalue weighted by molar-refractivity contribution is 7.89. The summed E-state index contributed by atoms with van der Waals surface area (Å²) in [4.78, 5) is 21.7. The van der Waals surface area contributed by atoms with E-state index in [9.17, 15) is 18.0 Å². The third-order valence-corrected chi connectivity index (χ3v) is 4.17. The lowest BCUT2D eigenvalue weighted by Gasteiger charge is -2.25. The maximum atomic E-state index is 11.9. The minimum absolute atomic E-state index is 0.102. The number of carbonyl (C=O) groups is 2. The summed E-state index contributed by atoms with van der Waals surface area (Å²) < 4.78 is 29.4. The summed E-state index contributed by atoms with van der Waals surface area (Å²) in [5, 5.41) is 8.65. The molecule has 0 heterocycles. The van der Waals surface area contributed by atoms with E-state index in [1.54, 1.807) is 13.8 Å².